The van der Waals surface area contributed by atoms with Crippen LogP contribution in [0.5, 0.6) is 0 Å². The highest BCUT2D eigenvalue weighted by Crippen LogP contribution is 1.88. The summed E-state index contributed by atoms with van der Waals surface area (Å²) in [6.45, 7) is 0. The quantitative estimate of drug-likeness (QED) is 0.420. The third-order valence-corrected chi connectivity index (χ3v) is 3.28. The van der Waals surface area contributed by atoms with Crippen molar-refractivity contribution in [3.8, 4) is 0 Å². The van der Waals surface area contributed by atoms with Gasteiger partial charge in [-0.25, -0.2) is 0 Å². The Bertz CT molecular complexity index is 331. The molecular formula is C5H14O6S4. The Kier molecular flexibility index (Phi) is 10.3. The molecule has 0 aromatic heterocycles. The van der Waals surface area contributed by atoms with Gasteiger partial charge in [0.2, 0.25) is 0 Å². The zero-order valence-electron chi connectivity index (χ0n) is 7.77. The fraction of sp³-hybridized carbons (Fsp3) is 1.00. The average molecular weight is 298 g/mol. The first-order valence-electron chi connectivity index (χ1n) is 3.74. The predicted octanol–water partition coefficient (Wildman–Crippen LogP) is -0.00190. The second-order valence-corrected chi connectivity index (χ2v) is 6.41. The normalized spacial score (nSPS) is 11.7. The van der Waals surface area contributed by atoms with Crippen LogP contribution in [0.1, 0.15) is 6.42 Å². The molecule has 0 radical (unpaired) electrons. The van der Waals surface area contributed by atoms with Crippen LogP contribution in [0.4, 0.5) is 0 Å². The monoisotopic (exact) mass is 298 g/mol. The molecule has 6 nitrogen and oxygen atoms in total. The molecule has 0 amide bonds. The summed E-state index contributed by atoms with van der Waals surface area (Å²) in [6, 6.07) is 0. The first-order chi connectivity index (χ1) is 6.62. The summed E-state index contributed by atoms with van der Waals surface area (Å²) < 4.78 is 55.3. The standard InChI is InChI=1S/C3H8O3S2.C2H6O3S2/c4-8(5,6)3-1-2-7;3-7(4,5)2-1-6/h7H,1-3H2,(H,4,5,6);6H,1-2H2,(H,3,4,5). The smallest absolute Gasteiger partial charge is 0.265 e. The van der Waals surface area contributed by atoms with Gasteiger partial charge in [0, 0.05) is 5.75 Å². The van der Waals surface area contributed by atoms with E-state index in [9.17, 15) is 16.8 Å². The highest BCUT2D eigenvalue weighted by atomic mass is 32.2. The van der Waals surface area contributed by atoms with E-state index in [2.05, 4.69) is 25.3 Å². The molecule has 0 unspecified atom stereocenters. The molecule has 10 heteroatoms. The number of rotatable bonds is 5. The Morgan fingerprint density at radius 1 is 0.800 bits per heavy atom. The minimum atomic E-state index is -3.75. The molecule has 0 saturated heterocycles. The van der Waals surface area contributed by atoms with Gasteiger partial charge in [0.1, 0.15) is 0 Å². The van der Waals surface area contributed by atoms with Gasteiger partial charge in [-0.2, -0.15) is 42.1 Å². The van der Waals surface area contributed by atoms with Crippen LogP contribution in [0.15, 0.2) is 0 Å². The molecule has 94 valence electrons. The van der Waals surface area contributed by atoms with Gasteiger partial charge in [-0.15, -0.1) is 0 Å². The molecule has 0 heterocycles. The maximum atomic E-state index is 9.91. The van der Waals surface area contributed by atoms with Crippen LogP contribution in [-0.4, -0.2) is 49.0 Å². The first kappa shape index (κ1) is 17.9. The molecule has 0 aliphatic heterocycles. The Labute approximate surface area is 101 Å². The minimum Gasteiger partial charge on any atom is -0.286 e. The lowest BCUT2D eigenvalue weighted by Crippen LogP contribution is -2.03. The van der Waals surface area contributed by atoms with Crippen LogP contribution in [0.2, 0.25) is 0 Å². The van der Waals surface area contributed by atoms with E-state index in [1.807, 2.05) is 0 Å². The molecule has 0 aliphatic carbocycles. The number of hydrogen-bond donors (Lipinski definition) is 4. The van der Waals surface area contributed by atoms with Crippen LogP contribution in [0.25, 0.3) is 0 Å². The fourth-order valence-electron chi connectivity index (χ4n) is 0.362. The van der Waals surface area contributed by atoms with Gasteiger partial charge in [-0.05, 0) is 12.2 Å². The molecule has 0 fully saturated rings. The van der Waals surface area contributed by atoms with Crippen LogP contribution >= 0.6 is 25.3 Å². The van der Waals surface area contributed by atoms with Gasteiger partial charge < -0.3 is 0 Å². The van der Waals surface area contributed by atoms with Crippen molar-refractivity contribution in [3.63, 3.8) is 0 Å². The maximum Gasteiger partial charge on any atom is 0.265 e. The maximum absolute atomic E-state index is 9.91. The minimum absolute atomic E-state index is 0.166. The zero-order chi connectivity index (χ0) is 12.5. The SMILES string of the molecule is O=S(=O)(O)CCCS.O=S(=O)(O)CCS. The van der Waals surface area contributed by atoms with Crippen molar-refractivity contribution in [1.82, 2.24) is 0 Å². The van der Waals surface area contributed by atoms with E-state index in [1.54, 1.807) is 0 Å². The molecule has 0 bridgehead atoms. The fourth-order valence-corrected chi connectivity index (χ4v) is 2.17. The third-order valence-electron chi connectivity index (χ3n) is 0.910. The topological polar surface area (TPSA) is 109 Å². The Hall–Kier alpha value is 0.520. The van der Waals surface area contributed by atoms with Gasteiger partial charge in [0.25, 0.3) is 20.2 Å². The molecular weight excluding hydrogens is 284 g/mol. The molecule has 0 spiro atoms. The summed E-state index contributed by atoms with van der Waals surface area (Å²) in [6.07, 6.45) is 0.405. The van der Waals surface area contributed by atoms with E-state index in [-0.39, 0.29) is 17.3 Å². The average Bonchev–Trinajstić information content (AvgIpc) is 1.98. The highest BCUT2D eigenvalue weighted by molar-refractivity contribution is 7.87. The van der Waals surface area contributed by atoms with Crippen molar-refractivity contribution in [2.24, 2.45) is 0 Å². The summed E-state index contributed by atoms with van der Waals surface area (Å²) in [4.78, 5) is 0. The van der Waals surface area contributed by atoms with Crippen LogP contribution in [0, 0.1) is 0 Å². The number of hydrogen-bond acceptors (Lipinski definition) is 6. The van der Waals surface area contributed by atoms with Crippen molar-refractivity contribution in [3.05, 3.63) is 0 Å². The Balaban J connectivity index is 0. The van der Waals surface area contributed by atoms with Crippen molar-refractivity contribution in [1.29, 1.82) is 0 Å². The third kappa shape index (κ3) is 25.1. The Morgan fingerprint density at radius 3 is 1.27 bits per heavy atom. The van der Waals surface area contributed by atoms with E-state index in [0.29, 0.717) is 12.2 Å². The summed E-state index contributed by atoms with van der Waals surface area (Å²) in [5.74, 6) is 0.200. The molecule has 0 atom stereocenters. The van der Waals surface area contributed by atoms with Crippen molar-refractivity contribution < 1.29 is 25.9 Å². The largest absolute Gasteiger partial charge is 0.286 e. The van der Waals surface area contributed by atoms with E-state index in [4.69, 9.17) is 9.11 Å². The molecule has 2 N–H and O–H groups in total. The lowest BCUT2D eigenvalue weighted by molar-refractivity contribution is 0.481. The van der Waals surface area contributed by atoms with E-state index in [1.165, 1.54) is 0 Å². The summed E-state index contributed by atoms with van der Waals surface area (Å²) >= 11 is 7.33. The molecule has 0 aromatic carbocycles. The lowest BCUT2D eigenvalue weighted by Gasteiger charge is -1.89. The van der Waals surface area contributed by atoms with E-state index >= 15 is 0 Å². The lowest BCUT2D eigenvalue weighted by atomic mass is 10.6. The summed E-state index contributed by atoms with van der Waals surface area (Å²) in [5.41, 5.74) is 0. The zero-order valence-corrected chi connectivity index (χ0v) is 11.2. The number of thiol groups is 2. The Morgan fingerprint density at radius 2 is 1.20 bits per heavy atom. The first-order valence-corrected chi connectivity index (χ1v) is 8.22. The van der Waals surface area contributed by atoms with Crippen molar-refractivity contribution in [2.45, 2.75) is 6.42 Å². The summed E-state index contributed by atoms with van der Waals surface area (Å²) in [7, 11) is -7.49. The predicted molar refractivity (Wildman–Crippen MR) is 65.2 cm³/mol. The van der Waals surface area contributed by atoms with Gasteiger partial charge >= 0.3 is 0 Å². The van der Waals surface area contributed by atoms with Crippen LogP contribution in [-0.2, 0) is 20.2 Å². The highest BCUT2D eigenvalue weighted by Gasteiger charge is 2.00. The van der Waals surface area contributed by atoms with Crippen LogP contribution in [0.3, 0.4) is 0 Å². The second-order valence-electron chi connectivity index (χ2n) is 2.37. The van der Waals surface area contributed by atoms with Crippen molar-refractivity contribution >= 4 is 45.5 Å². The second kappa shape index (κ2) is 8.65. The van der Waals surface area contributed by atoms with Gasteiger partial charge in [0.15, 0.2) is 0 Å². The van der Waals surface area contributed by atoms with Crippen molar-refractivity contribution in [2.75, 3.05) is 23.0 Å². The van der Waals surface area contributed by atoms with Gasteiger partial charge in [0.05, 0.1) is 11.5 Å². The molecule has 0 aliphatic rings. The summed E-state index contributed by atoms with van der Waals surface area (Å²) in [5, 5.41) is 0. The molecule has 0 saturated carbocycles. The van der Waals surface area contributed by atoms with Gasteiger partial charge in [-0.1, -0.05) is 0 Å². The van der Waals surface area contributed by atoms with E-state index in [0.717, 1.165) is 0 Å². The molecule has 15 heavy (non-hydrogen) atoms. The molecule has 0 aromatic rings. The van der Waals surface area contributed by atoms with E-state index < -0.39 is 20.2 Å². The van der Waals surface area contributed by atoms with Gasteiger partial charge in [-0.3, -0.25) is 9.11 Å². The van der Waals surface area contributed by atoms with Crippen LogP contribution < -0.4 is 0 Å². The molecule has 0 rings (SSSR count).